The third-order valence-corrected chi connectivity index (χ3v) is 2.03. The number of esters is 2. The fourth-order valence-corrected chi connectivity index (χ4v) is 1.32. The van der Waals surface area contributed by atoms with E-state index in [1.165, 1.54) is 6.07 Å². The fraction of sp³-hybridized carbons (Fsp3) is 0.273. The van der Waals surface area contributed by atoms with Gasteiger partial charge in [0.25, 0.3) is 0 Å². The highest BCUT2D eigenvalue weighted by Gasteiger charge is 2.23. The zero-order chi connectivity index (χ0) is 12.3. The molecule has 0 bridgehead atoms. The highest BCUT2D eigenvalue weighted by Crippen LogP contribution is 2.18. The van der Waals surface area contributed by atoms with Crippen molar-refractivity contribution in [1.82, 2.24) is 0 Å². The smallest absolute Gasteiger partial charge is 0.341 e. The molecule has 0 atom stereocenters. The lowest BCUT2D eigenvalue weighted by Crippen LogP contribution is -2.14. The molecular formula is C11H11FO4. The lowest BCUT2D eigenvalue weighted by molar-refractivity contribution is 0.0550. The minimum Gasteiger partial charge on any atom is -0.465 e. The number of carbonyl (C=O) groups is 2. The van der Waals surface area contributed by atoms with E-state index in [-0.39, 0.29) is 5.56 Å². The van der Waals surface area contributed by atoms with Gasteiger partial charge in [0, 0.05) is 0 Å². The highest BCUT2D eigenvalue weighted by molar-refractivity contribution is 6.03. The summed E-state index contributed by atoms with van der Waals surface area (Å²) in [6, 6.07) is 2.53. The number of hydrogen-bond acceptors (Lipinski definition) is 4. The van der Waals surface area contributed by atoms with Crippen LogP contribution in [0.3, 0.4) is 0 Å². The predicted octanol–water partition coefficient (Wildman–Crippen LogP) is 1.71. The van der Waals surface area contributed by atoms with E-state index in [9.17, 15) is 14.0 Å². The number of rotatable bonds is 2. The molecule has 0 saturated carbocycles. The van der Waals surface area contributed by atoms with E-state index in [1.807, 2.05) is 0 Å². The van der Waals surface area contributed by atoms with Crippen LogP contribution in [-0.2, 0) is 9.47 Å². The van der Waals surface area contributed by atoms with Crippen LogP contribution in [-0.4, -0.2) is 26.2 Å². The molecule has 0 aliphatic carbocycles. The number of halogens is 1. The van der Waals surface area contributed by atoms with Crippen molar-refractivity contribution in [2.45, 2.75) is 6.92 Å². The van der Waals surface area contributed by atoms with Gasteiger partial charge in [-0.15, -0.1) is 0 Å². The summed E-state index contributed by atoms with van der Waals surface area (Å²) in [5.41, 5.74) is -0.0163. The van der Waals surface area contributed by atoms with E-state index in [0.29, 0.717) is 5.56 Å². The third-order valence-electron chi connectivity index (χ3n) is 2.03. The van der Waals surface area contributed by atoms with Crippen LogP contribution in [0.2, 0.25) is 0 Å². The van der Waals surface area contributed by atoms with E-state index < -0.39 is 23.3 Å². The van der Waals surface area contributed by atoms with Gasteiger partial charge in [-0.3, -0.25) is 0 Å². The summed E-state index contributed by atoms with van der Waals surface area (Å²) < 4.78 is 22.4. The van der Waals surface area contributed by atoms with Crippen LogP contribution in [0.1, 0.15) is 26.3 Å². The van der Waals surface area contributed by atoms with E-state index in [2.05, 4.69) is 9.47 Å². The van der Waals surface area contributed by atoms with Crippen LogP contribution in [0, 0.1) is 12.7 Å². The van der Waals surface area contributed by atoms with Crippen LogP contribution in [0.25, 0.3) is 0 Å². The molecule has 0 saturated heterocycles. The largest absolute Gasteiger partial charge is 0.465 e. The zero-order valence-corrected chi connectivity index (χ0v) is 9.17. The Morgan fingerprint density at radius 1 is 1.12 bits per heavy atom. The lowest BCUT2D eigenvalue weighted by Gasteiger charge is -2.08. The average Bonchev–Trinajstić information content (AvgIpc) is 2.26. The molecule has 0 aliphatic rings. The molecule has 0 aliphatic heterocycles. The molecule has 0 amide bonds. The van der Waals surface area contributed by atoms with Crippen molar-refractivity contribution in [2.24, 2.45) is 0 Å². The molecule has 0 N–H and O–H groups in total. The number of aryl methyl sites for hydroxylation is 1. The van der Waals surface area contributed by atoms with Crippen LogP contribution in [0.15, 0.2) is 12.1 Å². The van der Waals surface area contributed by atoms with E-state index >= 15 is 0 Å². The first kappa shape index (κ1) is 12.2. The summed E-state index contributed by atoms with van der Waals surface area (Å²) in [5, 5.41) is 0. The molecule has 1 aromatic rings. The lowest BCUT2D eigenvalue weighted by atomic mass is 10.0. The van der Waals surface area contributed by atoms with Crippen LogP contribution in [0.4, 0.5) is 4.39 Å². The van der Waals surface area contributed by atoms with Gasteiger partial charge in [-0.1, -0.05) is 0 Å². The molecule has 5 heteroatoms. The Bertz CT molecular complexity index is 440. The van der Waals surface area contributed by atoms with Crippen molar-refractivity contribution in [3.63, 3.8) is 0 Å². The number of carbonyl (C=O) groups excluding carboxylic acids is 2. The van der Waals surface area contributed by atoms with Crippen molar-refractivity contribution in [3.8, 4) is 0 Å². The minimum atomic E-state index is -0.905. The molecule has 0 unspecified atom stereocenters. The van der Waals surface area contributed by atoms with Crippen molar-refractivity contribution in [1.29, 1.82) is 0 Å². The fourth-order valence-electron chi connectivity index (χ4n) is 1.32. The van der Waals surface area contributed by atoms with Gasteiger partial charge in [0.15, 0.2) is 0 Å². The Kier molecular flexibility index (Phi) is 3.60. The summed E-state index contributed by atoms with van der Waals surface area (Å²) in [4.78, 5) is 22.7. The maximum atomic E-state index is 13.5. The standard InChI is InChI=1S/C11H11FO4/c1-6-4-7(10(13)15-2)9(8(12)5-6)11(14)16-3/h4-5H,1-3H3. The van der Waals surface area contributed by atoms with Gasteiger partial charge in [0.05, 0.1) is 19.8 Å². The Morgan fingerprint density at radius 2 is 1.69 bits per heavy atom. The second kappa shape index (κ2) is 4.74. The Balaban J connectivity index is 3.44. The zero-order valence-electron chi connectivity index (χ0n) is 9.17. The van der Waals surface area contributed by atoms with Crippen LogP contribution >= 0.6 is 0 Å². The topological polar surface area (TPSA) is 52.6 Å². The number of methoxy groups -OCH3 is 2. The molecule has 86 valence electrons. The van der Waals surface area contributed by atoms with E-state index in [0.717, 1.165) is 20.3 Å². The molecule has 0 radical (unpaired) electrons. The van der Waals surface area contributed by atoms with Crippen molar-refractivity contribution >= 4 is 11.9 Å². The van der Waals surface area contributed by atoms with Gasteiger partial charge in [-0.05, 0) is 24.6 Å². The van der Waals surface area contributed by atoms with Crippen molar-refractivity contribution in [2.75, 3.05) is 14.2 Å². The second-order valence-corrected chi connectivity index (χ2v) is 3.15. The summed E-state index contributed by atoms with van der Waals surface area (Å²) in [6.07, 6.45) is 0. The monoisotopic (exact) mass is 226 g/mol. The number of hydrogen-bond donors (Lipinski definition) is 0. The quantitative estimate of drug-likeness (QED) is 0.720. The summed E-state index contributed by atoms with van der Waals surface area (Å²) in [5.74, 6) is -2.48. The molecule has 1 rings (SSSR count). The maximum Gasteiger partial charge on any atom is 0.341 e. The molecule has 0 spiro atoms. The Morgan fingerprint density at radius 3 is 2.19 bits per heavy atom. The van der Waals surface area contributed by atoms with Gasteiger partial charge >= 0.3 is 11.9 Å². The van der Waals surface area contributed by atoms with Crippen molar-refractivity contribution < 1.29 is 23.5 Å². The molecular weight excluding hydrogens is 215 g/mol. The third kappa shape index (κ3) is 2.18. The Labute approximate surface area is 92.0 Å². The first-order valence-electron chi connectivity index (χ1n) is 4.48. The van der Waals surface area contributed by atoms with E-state index in [1.54, 1.807) is 6.92 Å². The average molecular weight is 226 g/mol. The van der Waals surface area contributed by atoms with Gasteiger partial charge < -0.3 is 9.47 Å². The molecule has 4 nitrogen and oxygen atoms in total. The summed E-state index contributed by atoms with van der Waals surface area (Å²) in [6.45, 7) is 1.61. The Hall–Kier alpha value is -1.91. The molecule has 16 heavy (non-hydrogen) atoms. The van der Waals surface area contributed by atoms with Gasteiger partial charge in [-0.2, -0.15) is 0 Å². The number of ether oxygens (including phenoxy) is 2. The molecule has 1 aromatic carbocycles. The normalized spacial score (nSPS) is 9.75. The maximum absolute atomic E-state index is 13.5. The van der Waals surface area contributed by atoms with Crippen molar-refractivity contribution in [3.05, 3.63) is 34.6 Å². The molecule has 0 aromatic heterocycles. The first-order chi connectivity index (χ1) is 7.51. The van der Waals surface area contributed by atoms with E-state index in [4.69, 9.17) is 0 Å². The highest BCUT2D eigenvalue weighted by atomic mass is 19.1. The minimum absolute atomic E-state index is 0.133. The summed E-state index contributed by atoms with van der Waals surface area (Å²) in [7, 11) is 2.27. The number of benzene rings is 1. The second-order valence-electron chi connectivity index (χ2n) is 3.15. The molecule has 0 fully saturated rings. The van der Waals surface area contributed by atoms with Crippen LogP contribution in [0.5, 0.6) is 0 Å². The first-order valence-corrected chi connectivity index (χ1v) is 4.48. The SMILES string of the molecule is COC(=O)c1cc(C)cc(F)c1C(=O)OC. The van der Waals surface area contributed by atoms with Gasteiger partial charge in [0.1, 0.15) is 11.4 Å². The van der Waals surface area contributed by atoms with Gasteiger partial charge in [-0.25, -0.2) is 14.0 Å². The summed E-state index contributed by atoms with van der Waals surface area (Å²) >= 11 is 0. The van der Waals surface area contributed by atoms with Gasteiger partial charge in [0.2, 0.25) is 0 Å². The van der Waals surface area contributed by atoms with Crippen LogP contribution < -0.4 is 0 Å². The predicted molar refractivity (Wildman–Crippen MR) is 53.8 cm³/mol. The molecule has 0 heterocycles.